The Labute approximate surface area is 257 Å². The number of benzene rings is 5. The smallest absolute Gasteiger partial charge is 0.164 e. The molecule has 0 saturated heterocycles. The Morgan fingerprint density at radius 3 is 1.64 bits per heavy atom. The van der Waals surface area contributed by atoms with Crippen LogP contribution in [0.25, 0.3) is 50.6 Å². The highest BCUT2D eigenvalue weighted by Gasteiger charge is 2.51. The van der Waals surface area contributed by atoms with Crippen LogP contribution in [0.5, 0.6) is 0 Å². The van der Waals surface area contributed by atoms with E-state index in [1.165, 1.54) is 44.5 Å². The maximum absolute atomic E-state index is 5.11. The molecule has 0 N–H and O–H groups in total. The predicted octanol–water partition coefficient (Wildman–Crippen LogP) is 9.53. The fourth-order valence-corrected chi connectivity index (χ4v) is 7.48. The van der Waals surface area contributed by atoms with Crippen LogP contribution < -0.4 is 0 Å². The summed E-state index contributed by atoms with van der Waals surface area (Å²) in [6.07, 6.45) is 7.63. The van der Waals surface area contributed by atoms with Crippen LogP contribution >= 0.6 is 0 Å². The van der Waals surface area contributed by atoms with Gasteiger partial charge in [0.15, 0.2) is 17.5 Å². The van der Waals surface area contributed by atoms with Crippen molar-refractivity contribution in [3.63, 3.8) is 0 Å². The molecule has 1 aromatic heterocycles. The lowest BCUT2D eigenvalue weighted by atomic mass is 9.70. The molecule has 0 aliphatic heterocycles. The lowest BCUT2D eigenvalue weighted by Crippen LogP contribution is -2.25. The van der Waals surface area contributed by atoms with Gasteiger partial charge in [0.1, 0.15) is 0 Å². The Balaban J connectivity index is 1.30. The van der Waals surface area contributed by atoms with Crippen molar-refractivity contribution in [3.05, 3.63) is 168 Å². The summed E-state index contributed by atoms with van der Waals surface area (Å²) in [6, 6.07) is 43.7. The van der Waals surface area contributed by atoms with Gasteiger partial charge in [0, 0.05) is 16.7 Å². The lowest BCUT2D eigenvalue weighted by molar-refractivity contribution is 0.738. The van der Waals surface area contributed by atoms with Gasteiger partial charge in [-0.2, -0.15) is 0 Å². The van der Waals surface area contributed by atoms with Gasteiger partial charge >= 0.3 is 0 Å². The number of aromatic nitrogens is 3. The Bertz CT molecular complexity index is 2110. The fourth-order valence-electron chi connectivity index (χ4n) is 7.48. The highest BCUT2D eigenvalue weighted by Crippen LogP contribution is 2.62. The minimum Gasteiger partial charge on any atom is -0.208 e. The normalized spacial score (nSPS) is 16.7. The van der Waals surface area contributed by atoms with Crippen molar-refractivity contribution in [1.29, 1.82) is 0 Å². The summed E-state index contributed by atoms with van der Waals surface area (Å²) in [7, 11) is 0. The second-order valence-electron chi connectivity index (χ2n) is 12.1. The van der Waals surface area contributed by atoms with Crippen molar-refractivity contribution in [2.45, 2.75) is 18.8 Å². The molecule has 0 amide bonds. The van der Waals surface area contributed by atoms with Gasteiger partial charge in [-0.25, -0.2) is 15.0 Å². The third-order valence-electron chi connectivity index (χ3n) is 9.49. The summed E-state index contributed by atoms with van der Waals surface area (Å²) >= 11 is 0. The molecule has 0 fully saturated rings. The van der Waals surface area contributed by atoms with E-state index < -0.39 is 5.41 Å². The quantitative estimate of drug-likeness (QED) is 0.215. The molecule has 0 bridgehead atoms. The van der Waals surface area contributed by atoms with Crippen LogP contribution in [0.2, 0.25) is 0 Å². The number of hydrogen-bond acceptors (Lipinski definition) is 3. The molecule has 3 aliphatic carbocycles. The molecule has 5 aromatic carbocycles. The van der Waals surface area contributed by atoms with E-state index in [1.807, 2.05) is 18.2 Å². The molecule has 1 heterocycles. The zero-order chi connectivity index (χ0) is 29.3. The Kier molecular flexibility index (Phi) is 5.45. The van der Waals surface area contributed by atoms with Crippen LogP contribution in [0, 0.1) is 5.92 Å². The monoisotopic (exact) mass is 563 g/mol. The number of rotatable bonds is 3. The zero-order valence-corrected chi connectivity index (χ0v) is 24.4. The third-order valence-corrected chi connectivity index (χ3v) is 9.49. The van der Waals surface area contributed by atoms with Crippen LogP contribution in [0.15, 0.2) is 140 Å². The summed E-state index contributed by atoms with van der Waals surface area (Å²) in [5.41, 5.74) is 13.0. The Morgan fingerprint density at radius 2 is 1.05 bits per heavy atom. The molecule has 1 spiro atoms. The number of nitrogens with zero attached hydrogens (tertiary/aromatic N) is 3. The molecular weight excluding hydrogens is 534 g/mol. The van der Waals surface area contributed by atoms with Gasteiger partial charge in [-0.05, 0) is 62.9 Å². The lowest BCUT2D eigenvalue weighted by Gasteiger charge is -2.30. The van der Waals surface area contributed by atoms with Crippen molar-refractivity contribution < 1.29 is 0 Å². The van der Waals surface area contributed by atoms with Crippen molar-refractivity contribution in [2.75, 3.05) is 0 Å². The molecule has 1 atom stereocenters. The second-order valence-corrected chi connectivity index (χ2v) is 12.1. The highest BCUT2D eigenvalue weighted by molar-refractivity contribution is 5.95. The Morgan fingerprint density at radius 1 is 0.523 bits per heavy atom. The first-order chi connectivity index (χ1) is 21.7. The van der Waals surface area contributed by atoms with Gasteiger partial charge in [-0.15, -0.1) is 0 Å². The van der Waals surface area contributed by atoms with Crippen LogP contribution in [0.1, 0.15) is 41.4 Å². The van der Waals surface area contributed by atoms with E-state index in [4.69, 9.17) is 15.0 Å². The summed E-state index contributed by atoms with van der Waals surface area (Å²) in [4.78, 5) is 15.2. The first-order valence-electron chi connectivity index (χ1n) is 15.4. The fraction of sp³-hybridized carbons (Fsp3) is 0.0976. The first-order valence-corrected chi connectivity index (χ1v) is 15.4. The van der Waals surface area contributed by atoms with E-state index in [0.29, 0.717) is 23.4 Å². The van der Waals surface area contributed by atoms with Gasteiger partial charge < -0.3 is 0 Å². The molecule has 6 aromatic rings. The summed E-state index contributed by atoms with van der Waals surface area (Å²) in [5.74, 6) is 2.61. The minimum atomic E-state index is -0.405. The van der Waals surface area contributed by atoms with Gasteiger partial charge in [-0.1, -0.05) is 140 Å². The molecule has 0 saturated carbocycles. The van der Waals surface area contributed by atoms with E-state index in [1.54, 1.807) is 0 Å². The Hall–Kier alpha value is -5.41. The van der Waals surface area contributed by atoms with Crippen molar-refractivity contribution in [3.8, 4) is 45.0 Å². The van der Waals surface area contributed by atoms with Crippen molar-refractivity contribution >= 4 is 5.57 Å². The van der Waals surface area contributed by atoms with Crippen LogP contribution in [0.3, 0.4) is 0 Å². The molecule has 3 nitrogen and oxygen atoms in total. The average molecular weight is 564 g/mol. The average Bonchev–Trinajstić information content (AvgIpc) is 3.56. The maximum atomic E-state index is 5.11. The molecule has 44 heavy (non-hydrogen) atoms. The van der Waals surface area contributed by atoms with Crippen LogP contribution in [0.4, 0.5) is 0 Å². The van der Waals surface area contributed by atoms with Crippen molar-refractivity contribution in [2.24, 2.45) is 5.92 Å². The number of fused-ring (bicyclic) bond motifs is 10. The van der Waals surface area contributed by atoms with E-state index in [0.717, 1.165) is 23.1 Å². The molecule has 3 heteroatoms. The minimum absolute atomic E-state index is 0.405. The van der Waals surface area contributed by atoms with E-state index in [-0.39, 0.29) is 0 Å². The van der Waals surface area contributed by atoms with Crippen LogP contribution in [-0.2, 0) is 5.41 Å². The van der Waals surface area contributed by atoms with Gasteiger partial charge in [0.05, 0.1) is 5.41 Å². The SMILES string of the molecule is CC1C=CC(c2nc(-c3ccccc3)nc(-c3ccc4c(c3)C3(c5ccccc5-c5ccccc53)c3ccccc3-4)n2)=CC1. The van der Waals surface area contributed by atoms with Crippen LogP contribution in [-0.4, -0.2) is 15.0 Å². The summed E-state index contributed by atoms with van der Waals surface area (Å²) in [5, 5.41) is 0. The maximum Gasteiger partial charge on any atom is 0.164 e. The van der Waals surface area contributed by atoms with Gasteiger partial charge in [0.2, 0.25) is 0 Å². The van der Waals surface area contributed by atoms with E-state index in [9.17, 15) is 0 Å². The van der Waals surface area contributed by atoms with Gasteiger partial charge in [-0.3, -0.25) is 0 Å². The molecule has 3 aliphatic rings. The number of allylic oxidation sites excluding steroid dienone is 4. The highest BCUT2D eigenvalue weighted by atomic mass is 15.0. The van der Waals surface area contributed by atoms with Gasteiger partial charge in [0.25, 0.3) is 0 Å². The van der Waals surface area contributed by atoms with Crippen molar-refractivity contribution in [1.82, 2.24) is 15.0 Å². The standard InChI is InChI=1S/C41H29N3/c1-26-19-21-28(22-20-26)39-42-38(27-11-3-2-4-12-27)43-40(44-39)29-23-24-33-32-15-7-10-18-36(32)41(37(33)25-29)34-16-8-5-13-30(34)31-14-6-9-17-35(31)41/h2-19,21-26H,20H2,1H3. The third kappa shape index (κ3) is 3.53. The van der Waals surface area contributed by atoms with E-state index in [2.05, 4.69) is 128 Å². The number of hydrogen-bond donors (Lipinski definition) is 0. The summed E-state index contributed by atoms with van der Waals surface area (Å²) in [6.45, 7) is 2.23. The second kappa shape index (κ2) is 9.55. The first kappa shape index (κ1) is 25.1. The molecular formula is C41H29N3. The largest absolute Gasteiger partial charge is 0.208 e. The molecule has 0 radical (unpaired) electrons. The summed E-state index contributed by atoms with van der Waals surface area (Å²) < 4.78 is 0. The molecule has 9 rings (SSSR count). The predicted molar refractivity (Wildman–Crippen MR) is 178 cm³/mol. The molecule has 208 valence electrons. The van der Waals surface area contributed by atoms with E-state index >= 15 is 0 Å². The molecule has 1 unspecified atom stereocenters. The topological polar surface area (TPSA) is 38.7 Å². The zero-order valence-electron chi connectivity index (χ0n) is 24.4.